The number of carbonyl (C=O) groups is 1. The number of thiocarbonyl (C=S) groups is 1. The van der Waals surface area contributed by atoms with E-state index in [1.165, 1.54) is 26.3 Å². The summed E-state index contributed by atoms with van der Waals surface area (Å²) in [7, 11) is -0.977. The Balaban J connectivity index is 2.01. The van der Waals surface area contributed by atoms with Crippen LogP contribution in [0.25, 0.3) is 0 Å². The molecule has 0 unspecified atom stereocenters. The molecule has 0 bridgehead atoms. The standard InChI is InChI=1S/C16H18ClN3O4S3/c1-20(16(18)25)27(22,23)14-6-4-11(26-14)7-8-19-15(21)12-9-10(17)3-5-13(12)24-2/h3-6,9H,7-8H2,1-2H3,(H2,18,25)(H,19,21). The molecule has 1 amide bonds. The molecule has 0 spiro atoms. The van der Waals surface area contributed by atoms with E-state index >= 15 is 0 Å². The molecule has 7 nitrogen and oxygen atoms in total. The molecule has 1 aromatic heterocycles. The summed E-state index contributed by atoms with van der Waals surface area (Å²) in [6, 6.07) is 7.96. The number of rotatable bonds is 7. The number of amides is 1. The summed E-state index contributed by atoms with van der Waals surface area (Å²) < 4.78 is 30.8. The molecular weight excluding hydrogens is 430 g/mol. The van der Waals surface area contributed by atoms with Gasteiger partial charge in [0.15, 0.2) is 5.11 Å². The molecule has 27 heavy (non-hydrogen) atoms. The van der Waals surface area contributed by atoms with Gasteiger partial charge in [0.1, 0.15) is 9.96 Å². The largest absolute Gasteiger partial charge is 0.496 e. The molecule has 0 atom stereocenters. The quantitative estimate of drug-likeness (QED) is 0.631. The van der Waals surface area contributed by atoms with Crippen LogP contribution in [0.5, 0.6) is 5.75 Å². The van der Waals surface area contributed by atoms with Crippen LogP contribution in [0.2, 0.25) is 5.02 Å². The lowest BCUT2D eigenvalue weighted by atomic mass is 10.2. The summed E-state index contributed by atoms with van der Waals surface area (Å²) >= 11 is 11.7. The number of halogens is 1. The van der Waals surface area contributed by atoms with Crippen LogP contribution in [0.15, 0.2) is 34.5 Å². The van der Waals surface area contributed by atoms with Gasteiger partial charge in [-0.1, -0.05) is 11.6 Å². The highest BCUT2D eigenvalue weighted by Crippen LogP contribution is 2.25. The second-order valence-electron chi connectivity index (χ2n) is 5.38. The minimum Gasteiger partial charge on any atom is -0.496 e. The molecule has 0 radical (unpaired) electrons. The molecule has 2 rings (SSSR count). The maximum Gasteiger partial charge on any atom is 0.275 e. The zero-order valence-electron chi connectivity index (χ0n) is 14.6. The Hall–Kier alpha value is -1.88. The molecular formula is C16H18ClN3O4S3. The van der Waals surface area contributed by atoms with Crippen LogP contribution in [0.1, 0.15) is 15.2 Å². The van der Waals surface area contributed by atoms with Gasteiger partial charge >= 0.3 is 0 Å². The maximum absolute atomic E-state index is 12.3. The topological polar surface area (TPSA) is 102 Å². The van der Waals surface area contributed by atoms with E-state index in [1.807, 2.05) is 0 Å². The van der Waals surface area contributed by atoms with Crippen molar-refractivity contribution in [3.8, 4) is 5.75 Å². The van der Waals surface area contributed by atoms with E-state index in [2.05, 4.69) is 5.32 Å². The molecule has 0 aliphatic heterocycles. The lowest BCUT2D eigenvalue weighted by Crippen LogP contribution is -2.36. The third kappa shape index (κ3) is 5.10. The van der Waals surface area contributed by atoms with Crippen LogP contribution in [-0.4, -0.2) is 44.4 Å². The summed E-state index contributed by atoms with van der Waals surface area (Å²) in [6.07, 6.45) is 0.464. The van der Waals surface area contributed by atoms with Gasteiger partial charge in [-0.3, -0.25) is 4.79 Å². The molecule has 0 fully saturated rings. The lowest BCUT2D eigenvalue weighted by Gasteiger charge is -2.15. The van der Waals surface area contributed by atoms with Crippen molar-refractivity contribution < 1.29 is 17.9 Å². The minimum atomic E-state index is -3.75. The van der Waals surface area contributed by atoms with Crippen molar-refractivity contribution in [1.29, 1.82) is 0 Å². The predicted octanol–water partition coefficient (Wildman–Crippen LogP) is 2.25. The molecule has 0 saturated carbocycles. The van der Waals surface area contributed by atoms with Crippen molar-refractivity contribution in [2.45, 2.75) is 10.6 Å². The number of nitrogens with two attached hydrogens (primary N) is 1. The fraction of sp³-hybridized carbons (Fsp3) is 0.250. The van der Waals surface area contributed by atoms with Crippen LogP contribution in [0, 0.1) is 0 Å². The van der Waals surface area contributed by atoms with Crippen LogP contribution in [-0.2, 0) is 16.4 Å². The summed E-state index contributed by atoms with van der Waals surface area (Å²) in [4.78, 5) is 13.1. The maximum atomic E-state index is 12.3. The van der Waals surface area contributed by atoms with E-state index in [0.29, 0.717) is 29.3 Å². The molecule has 0 saturated heterocycles. The number of ether oxygens (including phenoxy) is 1. The molecule has 146 valence electrons. The predicted molar refractivity (Wildman–Crippen MR) is 110 cm³/mol. The SMILES string of the molecule is COc1ccc(Cl)cc1C(=O)NCCc1ccc(S(=O)(=O)N(C)C(N)=S)s1. The number of carbonyl (C=O) groups excluding carboxylic acids is 1. The van der Waals surface area contributed by atoms with E-state index in [-0.39, 0.29) is 15.2 Å². The number of hydrogen-bond acceptors (Lipinski definition) is 6. The van der Waals surface area contributed by atoms with Gasteiger partial charge < -0.3 is 15.8 Å². The van der Waals surface area contributed by atoms with Crippen molar-refractivity contribution in [2.24, 2.45) is 5.73 Å². The van der Waals surface area contributed by atoms with Crippen molar-refractivity contribution in [3.63, 3.8) is 0 Å². The van der Waals surface area contributed by atoms with E-state index in [0.717, 1.165) is 20.5 Å². The first-order valence-corrected chi connectivity index (χ1v) is 10.7. The average Bonchev–Trinajstić information content (AvgIpc) is 3.10. The molecule has 0 aliphatic carbocycles. The van der Waals surface area contributed by atoms with Gasteiger partial charge in [0.2, 0.25) is 0 Å². The van der Waals surface area contributed by atoms with Crippen LogP contribution >= 0.6 is 35.2 Å². The molecule has 2 aromatic rings. The van der Waals surface area contributed by atoms with Crippen molar-refractivity contribution in [2.75, 3.05) is 20.7 Å². The average molecular weight is 448 g/mol. The van der Waals surface area contributed by atoms with E-state index in [1.54, 1.807) is 18.2 Å². The summed E-state index contributed by atoms with van der Waals surface area (Å²) in [5, 5.41) is 2.96. The third-order valence-electron chi connectivity index (χ3n) is 3.63. The van der Waals surface area contributed by atoms with Gasteiger partial charge in [-0.2, -0.15) is 0 Å². The Morgan fingerprint density at radius 3 is 2.70 bits per heavy atom. The van der Waals surface area contributed by atoms with Gasteiger partial charge in [-0.05, 0) is 49.0 Å². The smallest absolute Gasteiger partial charge is 0.275 e. The van der Waals surface area contributed by atoms with Gasteiger partial charge in [-0.25, -0.2) is 12.7 Å². The number of thiophene rings is 1. The first-order chi connectivity index (χ1) is 12.7. The Kier molecular flexibility index (Phi) is 7.04. The number of nitrogens with one attached hydrogen (secondary N) is 1. The normalized spacial score (nSPS) is 11.1. The van der Waals surface area contributed by atoms with Crippen LogP contribution in [0.4, 0.5) is 0 Å². The number of nitrogens with zero attached hydrogens (tertiary/aromatic N) is 1. The fourth-order valence-corrected chi connectivity index (χ4v) is 5.16. The van der Waals surface area contributed by atoms with E-state index in [4.69, 9.17) is 34.3 Å². The highest BCUT2D eigenvalue weighted by Gasteiger charge is 2.23. The van der Waals surface area contributed by atoms with Gasteiger partial charge in [0.05, 0.1) is 12.7 Å². The Bertz CT molecular complexity index is 960. The molecule has 11 heteroatoms. The van der Waals surface area contributed by atoms with Crippen LogP contribution < -0.4 is 15.8 Å². The fourth-order valence-electron chi connectivity index (χ4n) is 2.14. The third-order valence-corrected chi connectivity index (χ3v) is 7.63. The van der Waals surface area contributed by atoms with Gasteiger partial charge in [0, 0.05) is 23.5 Å². The number of hydrogen-bond donors (Lipinski definition) is 2. The minimum absolute atomic E-state index is 0.135. The number of sulfonamides is 1. The Morgan fingerprint density at radius 2 is 2.07 bits per heavy atom. The van der Waals surface area contributed by atoms with E-state index < -0.39 is 10.0 Å². The number of benzene rings is 1. The summed E-state index contributed by atoms with van der Waals surface area (Å²) in [5.41, 5.74) is 5.72. The van der Waals surface area contributed by atoms with Crippen molar-refractivity contribution in [1.82, 2.24) is 9.62 Å². The monoisotopic (exact) mass is 447 g/mol. The highest BCUT2D eigenvalue weighted by atomic mass is 35.5. The molecule has 0 aliphatic rings. The Labute approximate surface area is 172 Å². The van der Waals surface area contributed by atoms with Crippen molar-refractivity contribution >= 4 is 56.2 Å². The molecule has 1 heterocycles. The lowest BCUT2D eigenvalue weighted by molar-refractivity contribution is 0.0951. The molecule has 3 N–H and O–H groups in total. The first-order valence-electron chi connectivity index (χ1n) is 7.65. The summed E-state index contributed by atoms with van der Waals surface area (Å²) in [5.74, 6) is 0.0918. The second-order valence-corrected chi connectivity index (χ2v) is 9.60. The van der Waals surface area contributed by atoms with Crippen molar-refractivity contribution in [3.05, 3.63) is 45.8 Å². The van der Waals surface area contributed by atoms with Crippen LogP contribution in [0.3, 0.4) is 0 Å². The van der Waals surface area contributed by atoms with Gasteiger partial charge in [0.25, 0.3) is 15.9 Å². The van der Waals surface area contributed by atoms with E-state index in [9.17, 15) is 13.2 Å². The highest BCUT2D eigenvalue weighted by molar-refractivity contribution is 7.93. The molecule has 1 aromatic carbocycles. The Morgan fingerprint density at radius 1 is 1.37 bits per heavy atom. The van der Waals surface area contributed by atoms with Gasteiger partial charge in [-0.15, -0.1) is 11.3 Å². The first kappa shape index (κ1) is 21.4. The zero-order valence-corrected chi connectivity index (χ0v) is 17.8. The summed E-state index contributed by atoms with van der Waals surface area (Å²) in [6.45, 7) is 0.319. The second kappa shape index (κ2) is 8.87. The zero-order chi connectivity index (χ0) is 20.2. The number of methoxy groups -OCH3 is 1.